The van der Waals surface area contributed by atoms with Crippen LogP contribution in [0.25, 0.3) is 0 Å². The van der Waals surface area contributed by atoms with Crippen molar-refractivity contribution in [2.24, 2.45) is 12.8 Å². The second-order valence-electron chi connectivity index (χ2n) is 4.10. The molecule has 1 aromatic rings. The summed E-state index contributed by atoms with van der Waals surface area (Å²) in [6.07, 6.45) is 4.27. The summed E-state index contributed by atoms with van der Waals surface area (Å²) < 4.78 is 1.87. The second-order valence-corrected chi connectivity index (χ2v) is 4.10. The van der Waals surface area contributed by atoms with Gasteiger partial charge >= 0.3 is 0 Å². The summed E-state index contributed by atoms with van der Waals surface area (Å²) in [5.41, 5.74) is 8.25. The van der Waals surface area contributed by atoms with Crippen molar-refractivity contribution in [1.82, 2.24) is 9.78 Å². The molecule has 0 spiro atoms. The third kappa shape index (κ3) is 1.75. The first-order valence-corrected chi connectivity index (χ1v) is 5.17. The molecule has 1 aliphatic rings. The van der Waals surface area contributed by atoms with Gasteiger partial charge in [0.15, 0.2) is 0 Å². The Balaban J connectivity index is 2.11. The first kappa shape index (κ1) is 9.52. The summed E-state index contributed by atoms with van der Waals surface area (Å²) in [5, 5.41) is 4.35. The van der Waals surface area contributed by atoms with Crippen LogP contribution in [-0.2, 0) is 7.05 Å². The van der Waals surface area contributed by atoms with Gasteiger partial charge in [-0.25, -0.2) is 0 Å². The van der Waals surface area contributed by atoms with E-state index in [-0.39, 0.29) is 0 Å². The fourth-order valence-electron chi connectivity index (χ4n) is 2.04. The number of piperidine rings is 1. The maximum atomic E-state index is 5.87. The molecule has 0 amide bonds. The number of hydrogen-bond acceptors (Lipinski definition) is 3. The molecule has 2 N–H and O–H groups in total. The van der Waals surface area contributed by atoms with E-state index in [4.69, 9.17) is 5.73 Å². The fourth-order valence-corrected chi connectivity index (χ4v) is 2.04. The minimum absolute atomic E-state index is 0.392. The van der Waals surface area contributed by atoms with Gasteiger partial charge in [0.05, 0.1) is 11.4 Å². The Morgan fingerprint density at radius 3 is 2.57 bits per heavy atom. The van der Waals surface area contributed by atoms with Crippen LogP contribution in [0.3, 0.4) is 0 Å². The van der Waals surface area contributed by atoms with Crippen molar-refractivity contribution < 1.29 is 0 Å². The van der Waals surface area contributed by atoms with Crippen LogP contribution in [0.4, 0.5) is 5.69 Å². The van der Waals surface area contributed by atoms with E-state index >= 15 is 0 Å². The van der Waals surface area contributed by atoms with Crippen molar-refractivity contribution >= 4 is 5.69 Å². The van der Waals surface area contributed by atoms with Crippen LogP contribution in [0.15, 0.2) is 6.20 Å². The van der Waals surface area contributed by atoms with Crippen LogP contribution in [0, 0.1) is 6.92 Å². The molecule has 0 aromatic carbocycles. The second kappa shape index (κ2) is 3.61. The lowest BCUT2D eigenvalue weighted by Crippen LogP contribution is -2.39. The number of hydrogen-bond donors (Lipinski definition) is 1. The van der Waals surface area contributed by atoms with Crippen LogP contribution in [0.2, 0.25) is 0 Å². The van der Waals surface area contributed by atoms with E-state index in [2.05, 4.69) is 23.1 Å². The number of aryl methyl sites for hydroxylation is 2. The molecule has 0 saturated carbocycles. The Labute approximate surface area is 84.7 Å². The van der Waals surface area contributed by atoms with E-state index in [1.54, 1.807) is 0 Å². The van der Waals surface area contributed by atoms with E-state index < -0.39 is 0 Å². The third-order valence-electron chi connectivity index (χ3n) is 2.87. The first-order chi connectivity index (χ1) is 6.66. The zero-order valence-electron chi connectivity index (χ0n) is 8.90. The van der Waals surface area contributed by atoms with E-state index in [0.717, 1.165) is 31.6 Å². The fraction of sp³-hybridized carbons (Fsp3) is 0.700. The standard InChI is InChI=1S/C10H18N4/c1-8-10(7-13(2)12-8)14-5-3-9(11)4-6-14/h7,9H,3-6,11H2,1-2H3. The van der Waals surface area contributed by atoms with Crippen molar-refractivity contribution in [2.45, 2.75) is 25.8 Å². The third-order valence-corrected chi connectivity index (χ3v) is 2.87. The predicted octanol–water partition coefficient (Wildman–Crippen LogP) is 0.656. The molecular formula is C10H18N4. The number of anilines is 1. The van der Waals surface area contributed by atoms with E-state index in [1.807, 2.05) is 11.7 Å². The summed E-state index contributed by atoms with van der Waals surface area (Å²) in [7, 11) is 1.96. The van der Waals surface area contributed by atoms with E-state index in [1.165, 1.54) is 5.69 Å². The smallest absolute Gasteiger partial charge is 0.0827 e. The van der Waals surface area contributed by atoms with Crippen LogP contribution in [-0.4, -0.2) is 28.9 Å². The lowest BCUT2D eigenvalue weighted by molar-refractivity contribution is 0.501. The monoisotopic (exact) mass is 194 g/mol. The molecule has 1 aromatic heterocycles. The van der Waals surface area contributed by atoms with Gasteiger partial charge in [0, 0.05) is 32.4 Å². The average Bonchev–Trinajstić information content (AvgIpc) is 2.47. The minimum atomic E-state index is 0.392. The molecule has 0 radical (unpaired) electrons. The van der Waals surface area contributed by atoms with Gasteiger partial charge in [0.25, 0.3) is 0 Å². The van der Waals surface area contributed by atoms with Crippen LogP contribution in [0.5, 0.6) is 0 Å². The largest absolute Gasteiger partial charge is 0.369 e. The van der Waals surface area contributed by atoms with Gasteiger partial charge in [0.1, 0.15) is 0 Å². The molecule has 4 heteroatoms. The molecule has 0 unspecified atom stereocenters. The predicted molar refractivity (Wildman–Crippen MR) is 57.4 cm³/mol. The Kier molecular flexibility index (Phi) is 2.46. The van der Waals surface area contributed by atoms with Gasteiger partial charge in [-0.15, -0.1) is 0 Å². The molecule has 2 heterocycles. The quantitative estimate of drug-likeness (QED) is 0.714. The first-order valence-electron chi connectivity index (χ1n) is 5.17. The molecule has 1 saturated heterocycles. The van der Waals surface area contributed by atoms with Gasteiger partial charge in [0.2, 0.25) is 0 Å². The van der Waals surface area contributed by atoms with Crippen molar-refractivity contribution in [2.75, 3.05) is 18.0 Å². The summed E-state index contributed by atoms with van der Waals surface area (Å²) >= 11 is 0. The number of rotatable bonds is 1. The molecule has 1 fully saturated rings. The van der Waals surface area contributed by atoms with Crippen molar-refractivity contribution in [3.05, 3.63) is 11.9 Å². The van der Waals surface area contributed by atoms with Crippen LogP contribution in [0.1, 0.15) is 18.5 Å². The lowest BCUT2D eigenvalue weighted by Gasteiger charge is -2.31. The number of nitrogens with zero attached hydrogens (tertiary/aromatic N) is 3. The molecule has 14 heavy (non-hydrogen) atoms. The zero-order valence-corrected chi connectivity index (χ0v) is 8.90. The topological polar surface area (TPSA) is 47.1 Å². The minimum Gasteiger partial charge on any atom is -0.369 e. The summed E-state index contributed by atoms with van der Waals surface area (Å²) in [4.78, 5) is 2.38. The highest BCUT2D eigenvalue weighted by Crippen LogP contribution is 2.21. The average molecular weight is 194 g/mol. The van der Waals surface area contributed by atoms with E-state index in [0.29, 0.717) is 6.04 Å². The molecular weight excluding hydrogens is 176 g/mol. The highest BCUT2D eigenvalue weighted by Gasteiger charge is 2.18. The number of nitrogens with two attached hydrogens (primary N) is 1. The Hall–Kier alpha value is -1.03. The lowest BCUT2D eigenvalue weighted by atomic mass is 10.1. The molecule has 0 aliphatic carbocycles. The maximum Gasteiger partial charge on any atom is 0.0827 e. The van der Waals surface area contributed by atoms with Crippen LogP contribution < -0.4 is 10.6 Å². The van der Waals surface area contributed by atoms with Gasteiger partial charge in [-0.1, -0.05) is 0 Å². The Morgan fingerprint density at radius 2 is 2.07 bits per heavy atom. The van der Waals surface area contributed by atoms with Gasteiger partial charge in [-0.3, -0.25) is 4.68 Å². The van der Waals surface area contributed by atoms with Gasteiger partial charge in [-0.05, 0) is 19.8 Å². The van der Waals surface area contributed by atoms with Crippen molar-refractivity contribution in [1.29, 1.82) is 0 Å². The van der Waals surface area contributed by atoms with E-state index in [9.17, 15) is 0 Å². The molecule has 2 rings (SSSR count). The summed E-state index contributed by atoms with van der Waals surface area (Å²) in [6.45, 7) is 4.19. The Morgan fingerprint density at radius 1 is 1.43 bits per heavy atom. The van der Waals surface area contributed by atoms with Gasteiger partial charge in [-0.2, -0.15) is 5.10 Å². The summed E-state index contributed by atoms with van der Waals surface area (Å²) in [6, 6.07) is 0.392. The highest BCUT2D eigenvalue weighted by atomic mass is 15.3. The molecule has 4 nitrogen and oxygen atoms in total. The zero-order chi connectivity index (χ0) is 10.1. The molecule has 78 valence electrons. The van der Waals surface area contributed by atoms with Gasteiger partial charge < -0.3 is 10.6 Å². The van der Waals surface area contributed by atoms with Crippen molar-refractivity contribution in [3.8, 4) is 0 Å². The molecule has 0 atom stereocenters. The summed E-state index contributed by atoms with van der Waals surface area (Å²) in [5.74, 6) is 0. The normalized spacial score (nSPS) is 18.9. The molecule has 1 aliphatic heterocycles. The SMILES string of the molecule is Cc1nn(C)cc1N1CCC(N)CC1. The van der Waals surface area contributed by atoms with Crippen molar-refractivity contribution in [3.63, 3.8) is 0 Å². The Bertz CT molecular complexity index is 310. The molecule has 0 bridgehead atoms. The van der Waals surface area contributed by atoms with Crippen LogP contribution >= 0.6 is 0 Å². The highest BCUT2D eigenvalue weighted by molar-refractivity contribution is 5.49. The maximum absolute atomic E-state index is 5.87. The number of aromatic nitrogens is 2.